The van der Waals surface area contributed by atoms with Gasteiger partial charge < -0.3 is 20.1 Å². The van der Waals surface area contributed by atoms with Crippen molar-refractivity contribution in [3.8, 4) is 5.75 Å². The number of carbonyl (C=O) groups excluding carboxylic acids is 2. The van der Waals surface area contributed by atoms with E-state index in [0.29, 0.717) is 17.3 Å². The Labute approximate surface area is 157 Å². The molecule has 0 bridgehead atoms. The number of rotatable bonds is 8. The van der Waals surface area contributed by atoms with E-state index in [0.717, 1.165) is 0 Å². The van der Waals surface area contributed by atoms with E-state index >= 15 is 0 Å². The Morgan fingerprint density at radius 3 is 2.69 bits per heavy atom. The van der Waals surface area contributed by atoms with Gasteiger partial charge in [-0.15, -0.1) is 0 Å². The standard InChI is InChI=1S/C18H23ClN2O5/c1-11(2)16(18(24)25)20-17(23)12-9-15(22)21(10-12)7-8-26-14-6-4-3-5-13(14)19/h3-6,11-12,16H,7-10H2,1-2H3,(H,20,23)(H,24,25)/t12?,16-/m1/s1. The van der Waals surface area contributed by atoms with Crippen molar-refractivity contribution in [2.24, 2.45) is 11.8 Å². The summed E-state index contributed by atoms with van der Waals surface area (Å²) < 4.78 is 5.57. The number of benzene rings is 1. The van der Waals surface area contributed by atoms with Crippen LogP contribution < -0.4 is 10.1 Å². The van der Waals surface area contributed by atoms with Crippen LogP contribution in [0.3, 0.4) is 0 Å². The third-order valence-electron chi connectivity index (χ3n) is 4.27. The minimum Gasteiger partial charge on any atom is -0.490 e. The number of para-hydroxylation sites is 1. The van der Waals surface area contributed by atoms with E-state index in [-0.39, 0.29) is 31.4 Å². The molecule has 2 N–H and O–H groups in total. The van der Waals surface area contributed by atoms with Crippen molar-refractivity contribution in [1.82, 2.24) is 10.2 Å². The molecule has 2 atom stereocenters. The van der Waals surface area contributed by atoms with Gasteiger partial charge in [-0.25, -0.2) is 4.79 Å². The zero-order valence-corrected chi connectivity index (χ0v) is 15.5. The molecule has 1 heterocycles. The molecular weight excluding hydrogens is 360 g/mol. The summed E-state index contributed by atoms with van der Waals surface area (Å²) in [4.78, 5) is 37.1. The van der Waals surface area contributed by atoms with Crippen LogP contribution in [0.4, 0.5) is 0 Å². The van der Waals surface area contributed by atoms with Crippen LogP contribution in [-0.2, 0) is 14.4 Å². The van der Waals surface area contributed by atoms with Gasteiger partial charge in [0.2, 0.25) is 11.8 Å². The Hall–Kier alpha value is -2.28. The summed E-state index contributed by atoms with van der Waals surface area (Å²) >= 11 is 6.01. The van der Waals surface area contributed by atoms with Crippen LogP contribution in [0.1, 0.15) is 20.3 Å². The Balaban J connectivity index is 1.84. The highest BCUT2D eigenvalue weighted by Gasteiger charge is 2.36. The van der Waals surface area contributed by atoms with Gasteiger partial charge in [-0.05, 0) is 18.1 Å². The minimum absolute atomic E-state index is 0.0718. The Morgan fingerprint density at radius 1 is 1.38 bits per heavy atom. The largest absolute Gasteiger partial charge is 0.490 e. The predicted octanol–water partition coefficient (Wildman–Crippen LogP) is 1.79. The van der Waals surface area contributed by atoms with Gasteiger partial charge >= 0.3 is 5.97 Å². The number of carboxylic acid groups (broad SMARTS) is 1. The van der Waals surface area contributed by atoms with Crippen molar-refractivity contribution in [1.29, 1.82) is 0 Å². The van der Waals surface area contributed by atoms with Crippen molar-refractivity contribution in [2.75, 3.05) is 19.7 Å². The smallest absolute Gasteiger partial charge is 0.326 e. The molecule has 1 fully saturated rings. The number of ether oxygens (including phenoxy) is 1. The fraction of sp³-hybridized carbons (Fsp3) is 0.500. The minimum atomic E-state index is -1.08. The molecule has 7 nitrogen and oxygen atoms in total. The Bertz CT molecular complexity index is 679. The van der Waals surface area contributed by atoms with Gasteiger partial charge in [0, 0.05) is 13.0 Å². The Morgan fingerprint density at radius 2 is 2.08 bits per heavy atom. The molecule has 1 aromatic carbocycles. The van der Waals surface area contributed by atoms with Crippen molar-refractivity contribution in [2.45, 2.75) is 26.3 Å². The number of hydrogen-bond acceptors (Lipinski definition) is 4. The van der Waals surface area contributed by atoms with E-state index in [4.69, 9.17) is 21.4 Å². The third-order valence-corrected chi connectivity index (χ3v) is 4.58. The SMILES string of the molecule is CC(C)[C@@H](NC(=O)C1CC(=O)N(CCOc2ccccc2Cl)C1)C(=O)O. The third kappa shape index (κ3) is 5.11. The van der Waals surface area contributed by atoms with Crippen molar-refractivity contribution in [3.05, 3.63) is 29.3 Å². The van der Waals surface area contributed by atoms with E-state index < -0.39 is 23.8 Å². The number of aliphatic carboxylic acids is 1. The second kappa shape index (κ2) is 8.89. The molecule has 8 heteroatoms. The molecule has 1 aliphatic heterocycles. The van der Waals surface area contributed by atoms with Gasteiger partial charge in [-0.2, -0.15) is 0 Å². The normalized spacial score (nSPS) is 18.1. The molecule has 142 valence electrons. The highest BCUT2D eigenvalue weighted by atomic mass is 35.5. The zero-order valence-electron chi connectivity index (χ0n) is 14.8. The fourth-order valence-corrected chi connectivity index (χ4v) is 2.97. The van der Waals surface area contributed by atoms with Crippen molar-refractivity contribution < 1.29 is 24.2 Å². The summed E-state index contributed by atoms with van der Waals surface area (Å²) in [6.07, 6.45) is 0.0718. The van der Waals surface area contributed by atoms with E-state index in [9.17, 15) is 14.4 Å². The molecule has 26 heavy (non-hydrogen) atoms. The number of likely N-dealkylation sites (tertiary alicyclic amines) is 1. The van der Waals surface area contributed by atoms with E-state index in [2.05, 4.69) is 5.32 Å². The average molecular weight is 383 g/mol. The molecule has 0 aromatic heterocycles. The van der Waals surface area contributed by atoms with Crippen molar-refractivity contribution >= 4 is 29.4 Å². The van der Waals surface area contributed by atoms with Crippen LogP contribution in [0.5, 0.6) is 5.75 Å². The summed E-state index contributed by atoms with van der Waals surface area (Å²) in [6, 6.07) is 6.09. The number of nitrogens with one attached hydrogen (secondary N) is 1. The van der Waals surface area contributed by atoms with Gasteiger partial charge in [0.15, 0.2) is 0 Å². The Kier molecular flexibility index (Phi) is 6.85. The molecule has 1 saturated heterocycles. The molecular formula is C18H23ClN2O5. The zero-order chi connectivity index (χ0) is 19.3. The second-order valence-electron chi connectivity index (χ2n) is 6.59. The predicted molar refractivity (Wildman–Crippen MR) is 96.0 cm³/mol. The van der Waals surface area contributed by atoms with Gasteiger partial charge in [-0.1, -0.05) is 37.6 Å². The second-order valence-corrected chi connectivity index (χ2v) is 7.00. The number of carbonyl (C=O) groups is 3. The van der Waals surface area contributed by atoms with E-state index in [1.807, 2.05) is 0 Å². The van der Waals surface area contributed by atoms with Crippen LogP contribution in [0.2, 0.25) is 5.02 Å². The number of nitrogens with zero attached hydrogens (tertiary/aromatic N) is 1. The summed E-state index contributed by atoms with van der Waals surface area (Å²) in [5, 5.41) is 12.2. The number of carboxylic acids is 1. The van der Waals surface area contributed by atoms with Crippen LogP contribution in [0.25, 0.3) is 0 Å². The fourth-order valence-electron chi connectivity index (χ4n) is 2.78. The van der Waals surface area contributed by atoms with E-state index in [1.54, 1.807) is 43.0 Å². The molecule has 1 unspecified atom stereocenters. The molecule has 0 saturated carbocycles. The topological polar surface area (TPSA) is 95.9 Å². The summed E-state index contributed by atoms with van der Waals surface area (Å²) in [7, 11) is 0. The van der Waals surface area contributed by atoms with Crippen LogP contribution in [-0.4, -0.2) is 53.5 Å². The molecule has 1 aliphatic rings. The first-order valence-electron chi connectivity index (χ1n) is 8.48. The van der Waals surface area contributed by atoms with Gasteiger partial charge in [-0.3, -0.25) is 9.59 Å². The molecule has 2 rings (SSSR count). The monoisotopic (exact) mass is 382 g/mol. The maximum Gasteiger partial charge on any atom is 0.326 e. The summed E-state index contributed by atoms with van der Waals surface area (Å²) in [5.74, 6) is -1.89. The van der Waals surface area contributed by atoms with Gasteiger partial charge in [0.25, 0.3) is 0 Å². The van der Waals surface area contributed by atoms with Crippen LogP contribution in [0, 0.1) is 11.8 Å². The maximum atomic E-state index is 12.3. The van der Waals surface area contributed by atoms with Gasteiger partial charge in [0.05, 0.1) is 17.5 Å². The molecule has 1 aromatic rings. The first kappa shape index (κ1) is 20.0. The lowest BCUT2D eigenvalue weighted by Gasteiger charge is -2.20. The number of halogens is 1. The maximum absolute atomic E-state index is 12.3. The van der Waals surface area contributed by atoms with Gasteiger partial charge in [0.1, 0.15) is 18.4 Å². The van der Waals surface area contributed by atoms with E-state index in [1.165, 1.54) is 0 Å². The lowest BCUT2D eigenvalue weighted by molar-refractivity contribution is -0.143. The highest BCUT2D eigenvalue weighted by molar-refractivity contribution is 6.32. The molecule has 0 aliphatic carbocycles. The van der Waals surface area contributed by atoms with Crippen LogP contribution in [0.15, 0.2) is 24.3 Å². The lowest BCUT2D eigenvalue weighted by atomic mass is 10.0. The number of amides is 2. The number of hydrogen-bond donors (Lipinski definition) is 2. The first-order valence-corrected chi connectivity index (χ1v) is 8.85. The first-order chi connectivity index (χ1) is 12.3. The summed E-state index contributed by atoms with van der Waals surface area (Å²) in [5.41, 5.74) is 0. The average Bonchev–Trinajstić information content (AvgIpc) is 2.94. The molecule has 0 spiro atoms. The molecule has 2 amide bonds. The highest BCUT2D eigenvalue weighted by Crippen LogP contribution is 2.23. The van der Waals surface area contributed by atoms with Crippen molar-refractivity contribution in [3.63, 3.8) is 0 Å². The summed E-state index contributed by atoms with van der Waals surface area (Å²) in [6.45, 7) is 4.28. The quantitative estimate of drug-likeness (QED) is 0.714. The molecule has 0 radical (unpaired) electrons. The lowest BCUT2D eigenvalue weighted by Crippen LogP contribution is -2.47. The van der Waals surface area contributed by atoms with Crippen LogP contribution >= 0.6 is 11.6 Å².